The Morgan fingerprint density at radius 1 is 1.47 bits per heavy atom. The molecule has 2 aromatic rings. The zero-order valence-corrected chi connectivity index (χ0v) is 11.8. The van der Waals surface area contributed by atoms with E-state index in [1.165, 1.54) is 4.88 Å². The number of nitrogens with zero attached hydrogens (tertiary/aromatic N) is 3. The molecule has 0 atom stereocenters. The first-order valence-electron chi connectivity index (χ1n) is 5.12. The Bertz CT molecular complexity index is 500. The minimum absolute atomic E-state index is 0.516. The van der Waals surface area contributed by atoms with Crippen molar-refractivity contribution in [2.45, 2.75) is 13.1 Å². The molecule has 0 radical (unpaired) electrons. The van der Waals surface area contributed by atoms with Crippen LogP contribution in [0, 0.1) is 0 Å². The molecule has 2 aromatic heterocycles. The highest BCUT2D eigenvalue weighted by atomic mass is 79.9. The van der Waals surface area contributed by atoms with E-state index < -0.39 is 0 Å². The molecule has 17 heavy (non-hydrogen) atoms. The van der Waals surface area contributed by atoms with Gasteiger partial charge in [0.15, 0.2) is 0 Å². The van der Waals surface area contributed by atoms with E-state index in [1.807, 2.05) is 7.05 Å². The van der Waals surface area contributed by atoms with Crippen LogP contribution in [0.1, 0.15) is 10.7 Å². The predicted octanol–water partition coefficient (Wildman–Crippen LogP) is 2.51. The topological polar surface area (TPSA) is 55.0 Å². The van der Waals surface area contributed by atoms with Crippen LogP contribution >= 0.6 is 27.3 Å². The number of aromatic nitrogens is 2. The molecule has 90 valence electrons. The maximum absolute atomic E-state index is 5.62. The molecule has 0 fully saturated rings. The quantitative estimate of drug-likeness (QED) is 0.942. The third-order valence-corrected chi connectivity index (χ3v) is 3.87. The largest absolute Gasteiger partial charge is 0.384 e. The fraction of sp³-hybridized carbons (Fsp3) is 0.273. The van der Waals surface area contributed by atoms with Crippen molar-refractivity contribution in [3.05, 3.63) is 38.9 Å². The summed E-state index contributed by atoms with van der Waals surface area (Å²) in [6.45, 7) is 1.58. The number of rotatable bonds is 4. The number of hydrogen-bond donors (Lipinski definition) is 1. The van der Waals surface area contributed by atoms with Crippen LogP contribution in [0.2, 0.25) is 0 Å². The first-order valence-corrected chi connectivity index (χ1v) is 6.79. The summed E-state index contributed by atoms with van der Waals surface area (Å²) in [7, 11) is 2.04. The maximum Gasteiger partial charge on any atom is 0.144 e. The lowest BCUT2D eigenvalue weighted by molar-refractivity contribution is 0.313. The van der Waals surface area contributed by atoms with Crippen molar-refractivity contribution in [1.29, 1.82) is 0 Å². The Labute approximate surface area is 113 Å². The van der Waals surface area contributed by atoms with Crippen LogP contribution in [-0.4, -0.2) is 21.9 Å². The van der Waals surface area contributed by atoms with Gasteiger partial charge in [-0.2, -0.15) is 0 Å². The van der Waals surface area contributed by atoms with E-state index in [2.05, 4.69) is 42.2 Å². The highest BCUT2D eigenvalue weighted by Gasteiger charge is 2.05. The van der Waals surface area contributed by atoms with Crippen LogP contribution in [0.3, 0.4) is 0 Å². The van der Waals surface area contributed by atoms with Gasteiger partial charge in [0.1, 0.15) is 11.6 Å². The third kappa shape index (κ3) is 3.76. The Morgan fingerprint density at radius 2 is 2.29 bits per heavy atom. The van der Waals surface area contributed by atoms with Crippen LogP contribution in [0.25, 0.3) is 0 Å². The first-order chi connectivity index (χ1) is 8.13. The molecule has 2 rings (SSSR count). The van der Waals surface area contributed by atoms with Gasteiger partial charge in [0, 0.05) is 27.5 Å². The summed E-state index contributed by atoms with van der Waals surface area (Å²) in [5.41, 5.74) is 5.62. The monoisotopic (exact) mass is 312 g/mol. The van der Waals surface area contributed by atoms with Crippen LogP contribution in [0.4, 0.5) is 5.82 Å². The smallest absolute Gasteiger partial charge is 0.144 e. The minimum atomic E-state index is 0.516. The van der Waals surface area contributed by atoms with Crippen molar-refractivity contribution in [2.75, 3.05) is 12.8 Å². The number of nitrogens with two attached hydrogens (primary N) is 1. The molecule has 0 saturated heterocycles. The van der Waals surface area contributed by atoms with Crippen molar-refractivity contribution in [3.63, 3.8) is 0 Å². The van der Waals surface area contributed by atoms with E-state index in [0.717, 1.165) is 16.8 Å². The summed E-state index contributed by atoms with van der Waals surface area (Å²) in [6, 6.07) is 3.82. The Hall–Kier alpha value is -0.980. The van der Waals surface area contributed by atoms with Crippen LogP contribution in [-0.2, 0) is 13.1 Å². The highest BCUT2D eigenvalue weighted by molar-refractivity contribution is 9.10. The Kier molecular flexibility index (Phi) is 4.09. The molecule has 2 N–H and O–H groups in total. The molecule has 0 aliphatic carbocycles. The van der Waals surface area contributed by atoms with Gasteiger partial charge in [-0.05, 0) is 35.1 Å². The number of anilines is 1. The lowest BCUT2D eigenvalue weighted by Gasteiger charge is -2.14. The van der Waals surface area contributed by atoms with Gasteiger partial charge in [-0.25, -0.2) is 9.97 Å². The summed E-state index contributed by atoms with van der Waals surface area (Å²) in [6.07, 6.45) is 1.69. The van der Waals surface area contributed by atoms with E-state index in [4.69, 9.17) is 5.73 Å². The second-order valence-electron chi connectivity index (χ2n) is 3.80. The van der Waals surface area contributed by atoms with E-state index in [9.17, 15) is 0 Å². The Morgan fingerprint density at radius 3 is 2.94 bits per heavy atom. The average Bonchev–Trinajstić information content (AvgIpc) is 2.63. The molecule has 4 nitrogen and oxygen atoms in total. The van der Waals surface area contributed by atoms with Gasteiger partial charge in [0.2, 0.25) is 0 Å². The van der Waals surface area contributed by atoms with E-state index in [0.29, 0.717) is 12.4 Å². The van der Waals surface area contributed by atoms with Crippen molar-refractivity contribution >= 4 is 33.1 Å². The Balaban J connectivity index is 1.95. The summed E-state index contributed by atoms with van der Waals surface area (Å²) in [5.74, 6) is 1.27. The van der Waals surface area contributed by atoms with Crippen LogP contribution < -0.4 is 5.73 Å². The molecule has 6 heteroatoms. The third-order valence-electron chi connectivity index (χ3n) is 2.19. The molecule has 2 heterocycles. The second-order valence-corrected chi connectivity index (χ2v) is 5.71. The van der Waals surface area contributed by atoms with Gasteiger partial charge < -0.3 is 5.73 Å². The molecule has 0 spiro atoms. The van der Waals surface area contributed by atoms with Gasteiger partial charge in [0.25, 0.3) is 0 Å². The summed E-state index contributed by atoms with van der Waals surface area (Å²) in [4.78, 5) is 11.8. The summed E-state index contributed by atoms with van der Waals surface area (Å²) < 4.78 is 1.13. The van der Waals surface area contributed by atoms with Gasteiger partial charge >= 0.3 is 0 Å². The van der Waals surface area contributed by atoms with Gasteiger partial charge in [-0.15, -0.1) is 11.3 Å². The predicted molar refractivity (Wildman–Crippen MR) is 73.6 cm³/mol. The minimum Gasteiger partial charge on any atom is -0.384 e. The SMILES string of the molecule is CN(Cc1nccc(N)n1)Cc1cc(Br)cs1. The normalized spacial score (nSPS) is 11.0. The van der Waals surface area contributed by atoms with E-state index in [-0.39, 0.29) is 0 Å². The molecular formula is C11H13BrN4S. The zero-order chi connectivity index (χ0) is 12.3. The highest BCUT2D eigenvalue weighted by Crippen LogP contribution is 2.21. The van der Waals surface area contributed by atoms with E-state index in [1.54, 1.807) is 23.6 Å². The lowest BCUT2D eigenvalue weighted by Crippen LogP contribution is -2.18. The fourth-order valence-electron chi connectivity index (χ4n) is 1.49. The molecule has 0 aliphatic heterocycles. The van der Waals surface area contributed by atoms with Gasteiger partial charge in [-0.1, -0.05) is 0 Å². The second kappa shape index (κ2) is 5.57. The van der Waals surface area contributed by atoms with Crippen molar-refractivity contribution in [2.24, 2.45) is 0 Å². The average molecular weight is 313 g/mol. The molecule has 0 saturated carbocycles. The van der Waals surface area contributed by atoms with Crippen molar-refractivity contribution < 1.29 is 0 Å². The van der Waals surface area contributed by atoms with Gasteiger partial charge in [0.05, 0.1) is 6.54 Å². The molecule has 0 amide bonds. The van der Waals surface area contributed by atoms with E-state index >= 15 is 0 Å². The number of nitrogen functional groups attached to an aromatic ring is 1. The van der Waals surface area contributed by atoms with Crippen molar-refractivity contribution in [3.8, 4) is 0 Å². The maximum atomic E-state index is 5.62. The van der Waals surface area contributed by atoms with Crippen LogP contribution in [0.15, 0.2) is 28.2 Å². The number of thiophene rings is 1. The first kappa shape index (κ1) is 12.5. The molecule has 0 bridgehead atoms. The van der Waals surface area contributed by atoms with Gasteiger partial charge in [-0.3, -0.25) is 4.90 Å². The van der Waals surface area contributed by atoms with Crippen LogP contribution in [0.5, 0.6) is 0 Å². The fourth-order valence-corrected chi connectivity index (χ4v) is 3.02. The number of halogens is 1. The van der Waals surface area contributed by atoms with Crippen molar-refractivity contribution in [1.82, 2.24) is 14.9 Å². The molecule has 0 aliphatic rings. The number of hydrogen-bond acceptors (Lipinski definition) is 5. The molecule has 0 aromatic carbocycles. The standard InChI is InChI=1S/C11H13BrN4S/c1-16(5-9-4-8(12)7-17-9)6-11-14-3-2-10(13)15-11/h2-4,7H,5-6H2,1H3,(H2,13,14,15). The zero-order valence-electron chi connectivity index (χ0n) is 9.43. The molecular weight excluding hydrogens is 300 g/mol. The lowest BCUT2D eigenvalue weighted by atomic mass is 10.4. The summed E-state index contributed by atoms with van der Waals surface area (Å²) in [5, 5.41) is 2.08. The summed E-state index contributed by atoms with van der Waals surface area (Å²) >= 11 is 5.19. The molecule has 0 unspecified atom stereocenters.